The van der Waals surface area contributed by atoms with Crippen LogP contribution in [-0.2, 0) is 13.1 Å². The Morgan fingerprint density at radius 3 is 1.52 bits per heavy atom. The molecule has 8 aromatic rings. The minimum atomic E-state index is -0.414. The molecule has 246 valence electrons. The minimum absolute atomic E-state index is 0.0725. The zero-order valence-corrected chi connectivity index (χ0v) is 27.6. The van der Waals surface area contributed by atoms with Gasteiger partial charge in [-0.3, -0.25) is 29.4 Å². The molecule has 12 nitrogen and oxygen atoms in total. The predicted molar refractivity (Wildman–Crippen MR) is 194 cm³/mol. The SMILES string of the molecule is Nc1ccc(Cn2cc(-c3cnc4ccc(Cl)nc4c3)cn2)cc1.O=[N+]([O-])c1ccc(Cn2cc(-c3cnc4ccc(Cl)nc4c3)cn2)cc1. The van der Waals surface area contributed by atoms with Gasteiger partial charge >= 0.3 is 0 Å². The van der Waals surface area contributed by atoms with E-state index >= 15 is 0 Å². The van der Waals surface area contributed by atoms with Gasteiger partial charge in [-0.1, -0.05) is 47.5 Å². The Morgan fingerprint density at radius 2 is 1.06 bits per heavy atom. The Labute approximate surface area is 295 Å². The molecule has 0 bridgehead atoms. The van der Waals surface area contributed by atoms with Crippen molar-refractivity contribution in [1.29, 1.82) is 0 Å². The molecule has 0 unspecified atom stereocenters. The van der Waals surface area contributed by atoms with E-state index in [4.69, 9.17) is 28.9 Å². The quantitative estimate of drug-likeness (QED) is 0.0756. The summed E-state index contributed by atoms with van der Waals surface area (Å²) in [5, 5.41) is 20.4. The van der Waals surface area contributed by atoms with E-state index in [9.17, 15) is 10.1 Å². The van der Waals surface area contributed by atoms with Crippen molar-refractivity contribution in [2.45, 2.75) is 13.1 Å². The van der Waals surface area contributed by atoms with Crippen LogP contribution in [0.4, 0.5) is 11.4 Å². The number of halogens is 2. The van der Waals surface area contributed by atoms with Gasteiger partial charge in [0.05, 0.1) is 52.5 Å². The van der Waals surface area contributed by atoms with Crippen LogP contribution in [0.3, 0.4) is 0 Å². The van der Waals surface area contributed by atoms with Gasteiger partial charge in [-0.05, 0) is 59.7 Å². The number of rotatable bonds is 7. The van der Waals surface area contributed by atoms with Crippen LogP contribution in [0.5, 0.6) is 0 Å². The molecule has 0 fully saturated rings. The highest BCUT2D eigenvalue weighted by molar-refractivity contribution is 6.30. The molecule has 8 rings (SSSR count). The lowest BCUT2D eigenvalue weighted by Gasteiger charge is -2.03. The lowest BCUT2D eigenvalue weighted by atomic mass is 10.1. The number of nitrogen functional groups attached to an aromatic ring is 1. The number of nitrogens with zero attached hydrogens (tertiary/aromatic N) is 9. The average Bonchev–Trinajstić information content (AvgIpc) is 3.79. The van der Waals surface area contributed by atoms with Crippen LogP contribution in [0.2, 0.25) is 10.3 Å². The van der Waals surface area contributed by atoms with Gasteiger partial charge in [0.25, 0.3) is 5.69 Å². The molecule has 0 spiro atoms. The van der Waals surface area contributed by atoms with Gasteiger partial charge in [-0.15, -0.1) is 0 Å². The van der Waals surface area contributed by atoms with Crippen LogP contribution in [-0.4, -0.2) is 44.4 Å². The lowest BCUT2D eigenvalue weighted by molar-refractivity contribution is -0.384. The molecule has 0 aliphatic rings. The molecule has 0 aliphatic heterocycles. The van der Waals surface area contributed by atoms with E-state index in [0.29, 0.717) is 23.4 Å². The summed E-state index contributed by atoms with van der Waals surface area (Å²) in [7, 11) is 0. The fraction of sp³-hybridized carbons (Fsp3) is 0.0556. The molecule has 0 saturated carbocycles. The summed E-state index contributed by atoms with van der Waals surface area (Å²) in [6.45, 7) is 1.20. The van der Waals surface area contributed by atoms with E-state index < -0.39 is 4.92 Å². The van der Waals surface area contributed by atoms with Crippen molar-refractivity contribution in [3.63, 3.8) is 0 Å². The smallest absolute Gasteiger partial charge is 0.269 e. The Bertz CT molecular complexity index is 2460. The third kappa shape index (κ3) is 7.57. The van der Waals surface area contributed by atoms with Gasteiger partial charge in [0.15, 0.2) is 0 Å². The van der Waals surface area contributed by atoms with Gasteiger partial charge in [0, 0.05) is 64.9 Å². The monoisotopic (exact) mass is 700 g/mol. The normalized spacial score (nSPS) is 11.0. The summed E-state index contributed by atoms with van der Waals surface area (Å²) >= 11 is 11.9. The van der Waals surface area contributed by atoms with Crippen LogP contribution in [0.15, 0.2) is 122 Å². The molecule has 6 aromatic heterocycles. The first-order valence-electron chi connectivity index (χ1n) is 15.2. The highest BCUT2D eigenvalue weighted by Gasteiger charge is 2.09. The first-order chi connectivity index (χ1) is 24.3. The zero-order valence-electron chi connectivity index (χ0n) is 26.1. The van der Waals surface area contributed by atoms with Crippen LogP contribution in [0.1, 0.15) is 11.1 Å². The summed E-state index contributed by atoms with van der Waals surface area (Å²) in [6.07, 6.45) is 11.1. The number of nitro benzene ring substituents is 1. The maximum atomic E-state index is 10.7. The lowest BCUT2D eigenvalue weighted by Crippen LogP contribution is -1.99. The van der Waals surface area contributed by atoms with E-state index in [0.717, 1.165) is 61.1 Å². The number of fused-ring (bicyclic) bond motifs is 2. The number of non-ortho nitro benzene ring substituents is 1. The van der Waals surface area contributed by atoms with E-state index in [1.807, 2.05) is 78.0 Å². The van der Waals surface area contributed by atoms with Gasteiger partial charge in [0.2, 0.25) is 0 Å². The number of nitro groups is 1. The molecule has 0 saturated heterocycles. The number of hydrogen-bond donors (Lipinski definition) is 1. The number of nitrogens with two attached hydrogens (primary N) is 1. The van der Waals surface area contributed by atoms with Gasteiger partial charge < -0.3 is 5.73 Å². The van der Waals surface area contributed by atoms with Crippen LogP contribution in [0.25, 0.3) is 44.3 Å². The minimum Gasteiger partial charge on any atom is -0.399 e. The molecular formula is C36H26Cl2N10O2. The fourth-order valence-corrected chi connectivity index (χ4v) is 5.51. The molecule has 2 N–H and O–H groups in total. The van der Waals surface area contributed by atoms with E-state index in [-0.39, 0.29) is 5.69 Å². The van der Waals surface area contributed by atoms with Crippen molar-refractivity contribution in [2.24, 2.45) is 0 Å². The third-order valence-corrected chi connectivity index (χ3v) is 8.18. The van der Waals surface area contributed by atoms with Crippen LogP contribution < -0.4 is 5.73 Å². The molecule has 6 heterocycles. The van der Waals surface area contributed by atoms with Gasteiger partial charge in [-0.25, -0.2) is 9.97 Å². The molecule has 14 heteroatoms. The maximum Gasteiger partial charge on any atom is 0.269 e. The van der Waals surface area contributed by atoms with E-state index in [1.165, 1.54) is 12.1 Å². The van der Waals surface area contributed by atoms with E-state index in [1.54, 1.807) is 41.3 Å². The number of aromatic nitrogens is 8. The predicted octanol–water partition coefficient (Wildman–Crippen LogP) is 7.88. The second-order valence-corrected chi connectivity index (χ2v) is 12.1. The van der Waals surface area contributed by atoms with Gasteiger partial charge in [-0.2, -0.15) is 10.2 Å². The maximum absolute atomic E-state index is 10.7. The summed E-state index contributed by atoms with van der Waals surface area (Å²) in [4.78, 5) is 27.7. The summed E-state index contributed by atoms with van der Waals surface area (Å²) < 4.78 is 3.66. The number of anilines is 1. The second-order valence-electron chi connectivity index (χ2n) is 11.3. The largest absolute Gasteiger partial charge is 0.399 e. The second kappa shape index (κ2) is 14.1. The highest BCUT2D eigenvalue weighted by Crippen LogP contribution is 2.24. The third-order valence-electron chi connectivity index (χ3n) is 7.76. The molecule has 0 aliphatic carbocycles. The van der Waals surface area contributed by atoms with Crippen molar-refractivity contribution < 1.29 is 4.92 Å². The van der Waals surface area contributed by atoms with E-state index in [2.05, 4.69) is 30.1 Å². The molecule has 2 aromatic carbocycles. The zero-order chi connectivity index (χ0) is 34.6. The van der Waals surface area contributed by atoms with Crippen molar-refractivity contribution in [3.8, 4) is 22.3 Å². The summed E-state index contributed by atoms with van der Waals surface area (Å²) in [6, 6.07) is 25.2. The Balaban J connectivity index is 0.000000157. The molecular weight excluding hydrogens is 675 g/mol. The van der Waals surface area contributed by atoms with Crippen LogP contribution >= 0.6 is 23.2 Å². The average molecular weight is 702 g/mol. The Morgan fingerprint density at radius 1 is 0.600 bits per heavy atom. The first-order valence-corrected chi connectivity index (χ1v) is 16.0. The van der Waals surface area contributed by atoms with Crippen LogP contribution in [0, 0.1) is 10.1 Å². The fourth-order valence-electron chi connectivity index (χ4n) is 5.20. The molecule has 0 radical (unpaired) electrons. The highest BCUT2D eigenvalue weighted by atomic mass is 35.5. The Hall–Kier alpha value is -6.24. The summed E-state index contributed by atoms with van der Waals surface area (Å²) in [5.74, 6) is 0. The molecule has 0 amide bonds. The number of hydrogen-bond acceptors (Lipinski definition) is 9. The van der Waals surface area contributed by atoms with Crippen molar-refractivity contribution in [1.82, 2.24) is 39.5 Å². The van der Waals surface area contributed by atoms with Crippen molar-refractivity contribution in [2.75, 3.05) is 5.73 Å². The van der Waals surface area contributed by atoms with Crippen molar-refractivity contribution >= 4 is 56.6 Å². The molecule has 0 atom stereocenters. The number of benzene rings is 2. The van der Waals surface area contributed by atoms with Gasteiger partial charge in [0.1, 0.15) is 10.3 Å². The Kier molecular flexibility index (Phi) is 9.10. The standard InChI is InChI=1S/C18H12ClN5O2.C18H14ClN5/c19-18-6-5-16-17(22-18)7-13(8-20-16)14-9-21-23(11-14)10-12-1-3-15(4-2-12)24(25)26;19-18-6-5-16-17(23-18)7-13(8-21-16)14-9-22-24(11-14)10-12-1-3-15(20)4-2-12/h1-9,11H,10H2;1-9,11H,10,20H2. The first kappa shape index (κ1) is 32.3. The number of pyridine rings is 4. The topological polar surface area (TPSA) is 156 Å². The summed E-state index contributed by atoms with van der Waals surface area (Å²) in [5.41, 5.74) is 15.4. The van der Waals surface area contributed by atoms with Crippen molar-refractivity contribution in [3.05, 3.63) is 154 Å². The molecule has 50 heavy (non-hydrogen) atoms.